The van der Waals surface area contributed by atoms with E-state index in [0.29, 0.717) is 17.5 Å². The van der Waals surface area contributed by atoms with E-state index in [1.807, 2.05) is 6.92 Å². The van der Waals surface area contributed by atoms with Crippen LogP contribution in [0.2, 0.25) is 0 Å². The second kappa shape index (κ2) is 4.17. The van der Waals surface area contributed by atoms with Gasteiger partial charge in [-0.05, 0) is 30.5 Å². The standard InChI is InChI=1S/C13H13F3O/c1-2-3-8-6-9-7-10(13(14,15)16)4-5-11(9)12(8)17/h4-5,7-8H,2-3,6H2,1H3. The molecule has 0 heterocycles. The minimum Gasteiger partial charge on any atom is -0.294 e. The molecule has 0 aromatic heterocycles. The smallest absolute Gasteiger partial charge is 0.294 e. The van der Waals surface area contributed by atoms with Crippen molar-refractivity contribution >= 4 is 5.78 Å². The Morgan fingerprint density at radius 2 is 2.06 bits per heavy atom. The maximum Gasteiger partial charge on any atom is 0.416 e. The second-order valence-electron chi connectivity index (χ2n) is 4.42. The molecule has 0 N–H and O–H groups in total. The van der Waals surface area contributed by atoms with E-state index in [9.17, 15) is 18.0 Å². The average molecular weight is 242 g/mol. The summed E-state index contributed by atoms with van der Waals surface area (Å²) < 4.78 is 37.5. The summed E-state index contributed by atoms with van der Waals surface area (Å²) in [6.07, 6.45) is -2.27. The van der Waals surface area contributed by atoms with Crippen molar-refractivity contribution in [3.05, 3.63) is 34.9 Å². The molecule has 0 saturated heterocycles. The number of hydrogen-bond acceptors (Lipinski definition) is 1. The molecule has 0 spiro atoms. The molecule has 0 fully saturated rings. The molecule has 1 nitrogen and oxygen atoms in total. The fraction of sp³-hybridized carbons (Fsp3) is 0.462. The van der Waals surface area contributed by atoms with Gasteiger partial charge in [0.2, 0.25) is 0 Å². The van der Waals surface area contributed by atoms with Crippen LogP contribution >= 0.6 is 0 Å². The zero-order chi connectivity index (χ0) is 12.6. The maximum atomic E-state index is 12.5. The summed E-state index contributed by atoms with van der Waals surface area (Å²) in [6.45, 7) is 1.97. The molecule has 4 heteroatoms. The van der Waals surface area contributed by atoms with Crippen LogP contribution in [0, 0.1) is 5.92 Å². The summed E-state index contributed by atoms with van der Waals surface area (Å²) in [7, 11) is 0. The topological polar surface area (TPSA) is 17.1 Å². The molecule has 0 bridgehead atoms. The van der Waals surface area contributed by atoms with Crippen molar-refractivity contribution in [2.24, 2.45) is 5.92 Å². The highest BCUT2D eigenvalue weighted by atomic mass is 19.4. The van der Waals surface area contributed by atoms with E-state index >= 15 is 0 Å². The van der Waals surface area contributed by atoms with Crippen molar-refractivity contribution in [2.45, 2.75) is 32.4 Å². The first-order chi connectivity index (χ1) is 7.93. The highest BCUT2D eigenvalue weighted by Crippen LogP contribution is 2.35. The van der Waals surface area contributed by atoms with Crippen LogP contribution in [0.4, 0.5) is 13.2 Å². The Hall–Kier alpha value is -1.32. The Bertz CT molecular complexity index is 448. The van der Waals surface area contributed by atoms with Crippen LogP contribution in [0.15, 0.2) is 18.2 Å². The lowest BCUT2D eigenvalue weighted by Gasteiger charge is -2.07. The van der Waals surface area contributed by atoms with Crippen molar-refractivity contribution < 1.29 is 18.0 Å². The number of rotatable bonds is 2. The van der Waals surface area contributed by atoms with Crippen LogP contribution in [0.25, 0.3) is 0 Å². The monoisotopic (exact) mass is 242 g/mol. The van der Waals surface area contributed by atoms with Crippen LogP contribution < -0.4 is 0 Å². The van der Waals surface area contributed by atoms with E-state index in [4.69, 9.17) is 0 Å². The number of hydrogen-bond donors (Lipinski definition) is 0. The van der Waals surface area contributed by atoms with Gasteiger partial charge in [0.1, 0.15) is 0 Å². The van der Waals surface area contributed by atoms with E-state index in [1.54, 1.807) is 0 Å². The zero-order valence-electron chi connectivity index (χ0n) is 9.47. The minimum absolute atomic E-state index is 0.00410. The lowest BCUT2D eigenvalue weighted by atomic mass is 10.00. The first kappa shape index (κ1) is 12.1. The number of carbonyl (C=O) groups is 1. The summed E-state index contributed by atoms with van der Waals surface area (Å²) in [6, 6.07) is 3.42. The Morgan fingerprint density at radius 1 is 1.35 bits per heavy atom. The van der Waals surface area contributed by atoms with Gasteiger partial charge >= 0.3 is 6.18 Å². The van der Waals surface area contributed by atoms with Gasteiger partial charge in [-0.25, -0.2) is 0 Å². The molecule has 0 amide bonds. The number of Topliss-reactive ketones (excluding diaryl/α,β-unsaturated/α-hetero) is 1. The number of carbonyl (C=O) groups excluding carboxylic acids is 1. The van der Waals surface area contributed by atoms with Crippen LogP contribution in [-0.2, 0) is 12.6 Å². The number of fused-ring (bicyclic) bond motifs is 1. The maximum absolute atomic E-state index is 12.5. The van der Waals surface area contributed by atoms with Gasteiger partial charge < -0.3 is 0 Å². The molecule has 1 aliphatic carbocycles. The molecule has 0 saturated carbocycles. The molecule has 2 rings (SSSR count). The minimum atomic E-state index is -4.33. The molecule has 0 aliphatic heterocycles. The second-order valence-corrected chi connectivity index (χ2v) is 4.42. The van der Waals surface area contributed by atoms with E-state index in [1.165, 1.54) is 6.07 Å². The molecule has 17 heavy (non-hydrogen) atoms. The van der Waals surface area contributed by atoms with Gasteiger partial charge in [0.05, 0.1) is 5.56 Å². The third-order valence-electron chi connectivity index (χ3n) is 3.17. The van der Waals surface area contributed by atoms with Crippen LogP contribution in [0.5, 0.6) is 0 Å². The fourth-order valence-corrected chi connectivity index (χ4v) is 2.34. The highest BCUT2D eigenvalue weighted by molar-refractivity contribution is 6.02. The number of ketones is 1. The molecule has 1 atom stereocenters. The van der Waals surface area contributed by atoms with Gasteiger partial charge in [0.25, 0.3) is 0 Å². The van der Waals surface area contributed by atoms with Crippen molar-refractivity contribution in [2.75, 3.05) is 0 Å². The summed E-state index contributed by atoms with van der Waals surface area (Å²) in [5, 5.41) is 0. The number of halogens is 3. The lowest BCUT2D eigenvalue weighted by Crippen LogP contribution is -2.08. The number of alkyl halides is 3. The molecule has 0 radical (unpaired) electrons. The van der Waals surface area contributed by atoms with Gasteiger partial charge in [0, 0.05) is 11.5 Å². The Morgan fingerprint density at radius 3 is 2.65 bits per heavy atom. The van der Waals surface area contributed by atoms with Gasteiger partial charge in [-0.1, -0.05) is 19.4 Å². The summed E-state index contributed by atoms with van der Waals surface area (Å²) in [5.74, 6) is -0.131. The largest absolute Gasteiger partial charge is 0.416 e. The van der Waals surface area contributed by atoms with E-state index in [-0.39, 0.29) is 11.7 Å². The van der Waals surface area contributed by atoms with Gasteiger partial charge in [-0.2, -0.15) is 13.2 Å². The molecule has 1 unspecified atom stereocenters. The zero-order valence-corrected chi connectivity index (χ0v) is 9.47. The Labute approximate surface area is 97.6 Å². The number of benzene rings is 1. The summed E-state index contributed by atoms with van der Waals surface area (Å²) >= 11 is 0. The molecular weight excluding hydrogens is 229 g/mol. The van der Waals surface area contributed by atoms with E-state index in [0.717, 1.165) is 25.0 Å². The van der Waals surface area contributed by atoms with Crippen LogP contribution in [0.3, 0.4) is 0 Å². The molecule has 1 aliphatic rings. The van der Waals surface area contributed by atoms with Gasteiger partial charge in [-0.15, -0.1) is 0 Å². The first-order valence-corrected chi connectivity index (χ1v) is 5.67. The molecule has 1 aromatic carbocycles. The predicted octanol–water partition coefficient (Wildman–Crippen LogP) is 3.86. The average Bonchev–Trinajstić information content (AvgIpc) is 2.55. The van der Waals surface area contributed by atoms with Crippen molar-refractivity contribution in [1.82, 2.24) is 0 Å². The van der Waals surface area contributed by atoms with Crippen molar-refractivity contribution in [3.63, 3.8) is 0 Å². The van der Waals surface area contributed by atoms with Crippen LogP contribution in [-0.4, -0.2) is 5.78 Å². The van der Waals surface area contributed by atoms with Crippen molar-refractivity contribution in [1.29, 1.82) is 0 Å². The quantitative estimate of drug-likeness (QED) is 0.769. The Balaban J connectivity index is 2.33. The van der Waals surface area contributed by atoms with Gasteiger partial charge in [-0.3, -0.25) is 4.79 Å². The summed E-state index contributed by atoms with van der Waals surface area (Å²) in [4.78, 5) is 11.9. The van der Waals surface area contributed by atoms with Gasteiger partial charge in [0.15, 0.2) is 5.78 Å². The lowest BCUT2D eigenvalue weighted by molar-refractivity contribution is -0.137. The highest BCUT2D eigenvalue weighted by Gasteiger charge is 2.35. The Kier molecular flexibility index (Phi) is 2.98. The summed E-state index contributed by atoms with van der Waals surface area (Å²) in [5.41, 5.74) is 0.348. The molecular formula is C13H13F3O. The SMILES string of the molecule is CCCC1Cc2cc(C(F)(F)F)ccc2C1=O. The third kappa shape index (κ3) is 2.21. The molecule has 1 aromatic rings. The first-order valence-electron chi connectivity index (χ1n) is 5.67. The van der Waals surface area contributed by atoms with Crippen LogP contribution in [0.1, 0.15) is 41.3 Å². The fourth-order valence-electron chi connectivity index (χ4n) is 2.34. The van der Waals surface area contributed by atoms with E-state index in [2.05, 4.69) is 0 Å². The van der Waals surface area contributed by atoms with E-state index < -0.39 is 11.7 Å². The predicted molar refractivity (Wildman–Crippen MR) is 57.9 cm³/mol. The third-order valence-corrected chi connectivity index (χ3v) is 3.17. The van der Waals surface area contributed by atoms with Crippen molar-refractivity contribution in [3.8, 4) is 0 Å². The molecule has 92 valence electrons. The normalized spacial score (nSPS) is 19.5.